The summed E-state index contributed by atoms with van der Waals surface area (Å²) < 4.78 is 28.4. The third-order valence-corrected chi connectivity index (χ3v) is 6.71. The highest BCUT2D eigenvalue weighted by Gasteiger charge is 2.44. The van der Waals surface area contributed by atoms with Gasteiger partial charge in [0.15, 0.2) is 5.82 Å². The van der Waals surface area contributed by atoms with Crippen LogP contribution in [0.3, 0.4) is 0 Å². The van der Waals surface area contributed by atoms with E-state index in [1.54, 1.807) is 6.07 Å². The molecule has 2 aromatic carbocycles. The van der Waals surface area contributed by atoms with Crippen LogP contribution in [0.1, 0.15) is 32.7 Å². The number of carbonyl (C=O) groups is 2. The molecule has 38 heavy (non-hydrogen) atoms. The van der Waals surface area contributed by atoms with E-state index in [1.165, 1.54) is 54.4 Å². The third-order valence-electron chi connectivity index (χ3n) is 6.07. The molecule has 1 aliphatic heterocycles. The molecule has 4 rings (SSSR count). The number of rotatable bonds is 6. The van der Waals surface area contributed by atoms with Gasteiger partial charge in [-0.05, 0) is 42.8 Å². The van der Waals surface area contributed by atoms with Crippen molar-refractivity contribution in [3.63, 3.8) is 0 Å². The minimum atomic E-state index is -3.79. The Labute approximate surface area is 225 Å². The molecule has 1 saturated heterocycles. The molecule has 0 spiro atoms. The molecule has 0 atom stereocenters. The molecule has 0 saturated carbocycles. The van der Waals surface area contributed by atoms with Crippen molar-refractivity contribution in [3.05, 3.63) is 75.4 Å². The fourth-order valence-electron chi connectivity index (χ4n) is 4.23. The second-order valence-electron chi connectivity index (χ2n) is 8.83. The summed E-state index contributed by atoms with van der Waals surface area (Å²) in [5, 5.41) is 30.8. The van der Waals surface area contributed by atoms with Gasteiger partial charge in [-0.3, -0.25) is 9.59 Å². The average Bonchev–Trinajstić information content (AvgIpc) is 3.18. The monoisotopic (exact) mass is 566 g/mol. The van der Waals surface area contributed by atoms with Crippen LogP contribution in [-0.2, 0) is 0 Å². The van der Waals surface area contributed by atoms with Gasteiger partial charge in [0.05, 0.1) is 22.8 Å². The first kappa shape index (κ1) is 27.7. The molecule has 200 valence electrons. The SMILES string of the molecule is Cc1cccc(Cl)c1C(=O)N(c1ncc(-c2cc(C(N)=O)ccc2Cl)cc1N1CCC(F)(F)C1)C(O)(O)O. The molecule has 1 fully saturated rings. The van der Waals surface area contributed by atoms with Crippen LogP contribution < -0.4 is 15.5 Å². The second-order valence-corrected chi connectivity index (χ2v) is 9.64. The predicted octanol–water partition coefficient (Wildman–Crippen LogP) is 3.54. The van der Waals surface area contributed by atoms with E-state index in [0.29, 0.717) is 5.56 Å². The van der Waals surface area contributed by atoms with E-state index >= 15 is 0 Å². The maximum absolute atomic E-state index is 14.2. The summed E-state index contributed by atoms with van der Waals surface area (Å²) in [6, 6.07) is 10.0. The first-order chi connectivity index (χ1) is 17.7. The van der Waals surface area contributed by atoms with E-state index < -0.39 is 42.6 Å². The Bertz CT molecular complexity index is 1410. The van der Waals surface area contributed by atoms with Gasteiger partial charge in [0, 0.05) is 40.9 Å². The van der Waals surface area contributed by atoms with Gasteiger partial charge in [-0.2, -0.15) is 0 Å². The van der Waals surface area contributed by atoms with Gasteiger partial charge in [0.25, 0.3) is 11.8 Å². The number of aryl methyl sites for hydroxylation is 1. The van der Waals surface area contributed by atoms with E-state index in [9.17, 15) is 33.7 Å². The van der Waals surface area contributed by atoms with Crippen molar-refractivity contribution in [2.45, 2.75) is 25.4 Å². The highest BCUT2D eigenvalue weighted by molar-refractivity contribution is 6.35. The highest BCUT2D eigenvalue weighted by atomic mass is 35.5. The molecule has 0 unspecified atom stereocenters. The molecule has 2 amide bonds. The maximum atomic E-state index is 14.2. The Balaban J connectivity index is 1.94. The van der Waals surface area contributed by atoms with Crippen molar-refractivity contribution in [2.75, 3.05) is 22.9 Å². The number of primary amides is 1. The van der Waals surface area contributed by atoms with Crippen molar-refractivity contribution in [1.29, 1.82) is 0 Å². The molecule has 0 radical (unpaired) electrons. The number of halogens is 4. The zero-order valence-electron chi connectivity index (χ0n) is 19.8. The van der Waals surface area contributed by atoms with Crippen LogP contribution in [0.4, 0.5) is 20.3 Å². The average molecular weight is 567 g/mol. The quantitative estimate of drug-likeness (QED) is 0.334. The van der Waals surface area contributed by atoms with E-state index in [2.05, 4.69) is 4.98 Å². The fourth-order valence-corrected chi connectivity index (χ4v) is 4.76. The largest absolute Gasteiger partial charge is 0.377 e. The summed E-state index contributed by atoms with van der Waals surface area (Å²) >= 11 is 12.5. The number of pyridine rings is 1. The first-order valence-electron chi connectivity index (χ1n) is 11.2. The van der Waals surface area contributed by atoms with E-state index in [-0.39, 0.29) is 49.4 Å². The van der Waals surface area contributed by atoms with Gasteiger partial charge < -0.3 is 26.0 Å². The number of carbonyl (C=O) groups excluding carboxylic acids is 2. The summed E-state index contributed by atoms with van der Waals surface area (Å²) in [6.45, 7) is 0.586. The highest BCUT2D eigenvalue weighted by Crippen LogP contribution is 2.41. The lowest BCUT2D eigenvalue weighted by Crippen LogP contribution is -2.53. The van der Waals surface area contributed by atoms with Crippen LogP contribution in [0, 0.1) is 6.92 Å². The Morgan fingerprint density at radius 1 is 1.13 bits per heavy atom. The van der Waals surface area contributed by atoms with Crippen LogP contribution in [0.25, 0.3) is 11.1 Å². The number of alkyl halides is 2. The van der Waals surface area contributed by atoms with Crippen LogP contribution in [0.5, 0.6) is 0 Å². The van der Waals surface area contributed by atoms with Gasteiger partial charge in [0.1, 0.15) is 0 Å². The molecule has 1 aromatic heterocycles. The summed E-state index contributed by atoms with van der Waals surface area (Å²) in [7, 11) is 0. The smallest absolute Gasteiger partial charge is 0.366 e. The summed E-state index contributed by atoms with van der Waals surface area (Å²) in [6.07, 6.45) is -3.14. The molecule has 3 aromatic rings. The Hall–Kier alpha value is -3.35. The summed E-state index contributed by atoms with van der Waals surface area (Å²) in [4.78, 5) is 30.7. The zero-order valence-corrected chi connectivity index (χ0v) is 21.3. The number of nitrogens with zero attached hydrogens (tertiary/aromatic N) is 3. The minimum Gasteiger partial charge on any atom is -0.366 e. The maximum Gasteiger partial charge on any atom is 0.377 e. The van der Waals surface area contributed by atoms with Gasteiger partial charge in [-0.15, -0.1) is 0 Å². The van der Waals surface area contributed by atoms with Gasteiger partial charge in [0.2, 0.25) is 5.91 Å². The van der Waals surface area contributed by atoms with Crippen molar-refractivity contribution in [3.8, 4) is 11.1 Å². The number of hydrogen-bond donors (Lipinski definition) is 4. The Morgan fingerprint density at radius 3 is 2.42 bits per heavy atom. The fraction of sp³-hybridized carbons (Fsp3) is 0.240. The van der Waals surface area contributed by atoms with Crippen molar-refractivity contribution in [2.24, 2.45) is 5.73 Å². The first-order valence-corrected chi connectivity index (χ1v) is 11.9. The molecular weight excluding hydrogens is 545 g/mol. The number of hydrogen-bond acceptors (Lipinski definition) is 7. The minimum absolute atomic E-state index is 0.0508. The molecule has 13 heteroatoms. The van der Waals surface area contributed by atoms with Crippen LogP contribution >= 0.6 is 23.2 Å². The molecule has 9 nitrogen and oxygen atoms in total. The number of aromatic nitrogens is 1. The lowest BCUT2D eigenvalue weighted by Gasteiger charge is -2.33. The van der Waals surface area contributed by atoms with Crippen LogP contribution in [-0.4, -0.2) is 57.2 Å². The van der Waals surface area contributed by atoms with Gasteiger partial charge >= 0.3 is 6.10 Å². The number of benzene rings is 2. The van der Waals surface area contributed by atoms with Crippen molar-refractivity contribution >= 4 is 46.5 Å². The van der Waals surface area contributed by atoms with Crippen LogP contribution in [0.2, 0.25) is 10.0 Å². The van der Waals surface area contributed by atoms with Crippen LogP contribution in [0.15, 0.2) is 48.7 Å². The number of nitrogens with two attached hydrogens (primary N) is 1. The summed E-state index contributed by atoms with van der Waals surface area (Å²) in [5.74, 6) is -5.50. The van der Waals surface area contributed by atoms with E-state index in [0.717, 1.165) is 0 Å². The van der Waals surface area contributed by atoms with Gasteiger partial charge in [-0.1, -0.05) is 35.3 Å². The van der Waals surface area contributed by atoms with Gasteiger partial charge in [-0.25, -0.2) is 18.7 Å². The molecule has 1 aliphatic rings. The normalized spacial score (nSPS) is 15.0. The Kier molecular flexibility index (Phi) is 7.34. The summed E-state index contributed by atoms with van der Waals surface area (Å²) in [5.41, 5.74) is 6.04. The standard InChI is InChI=1S/C25H22Cl2F2N4O5/c1-13-3-2-4-18(27)20(13)23(35)33(25(36,37)38)22-19(32-8-7-24(28,29)12-32)10-15(11-31-22)16-9-14(21(30)34)5-6-17(16)26/h2-6,9-11,36-38H,7-8,12H2,1H3,(H2,30,34). The molecule has 2 heterocycles. The number of aliphatic hydroxyl groups is 3. The van der Waals surface area contributed by atoms with Crippen molar-refractivity contribution in [1.82, 2.24) is 4.98 Å². The molecular formula is C25H22Cl2F2N4O5. The second kappa shape index (κ2) is 10.1. The zero-order chi connectivity index (χ0) is 28.0. The number of anilines is 2. The van der Waals surface area contributed by atoms with Crippen molar-refractivity contribution < 1.29 is 33.7 Å². The third kappa shape index (κ3) is 5.42. The van der Waals surface area contributed by atoms with E-state index in [4.69, 9.17) is 28.9 Å². The lowest BCUT2D eigenvalue weighted by atomic mass is 10.0. The lowest BCUT2D eigenvalue weighted by molar-refractivity contribution is -0.304. The molecule has 5 N–H and O–H groups in total. The predicted molar refractivity (Wildman–Crippen MR) is 137 cm³/mol. The molecule has 0 aliphatic carbocycles. The molecule has 0 bridgehead atoms. The number of amides is 2. The Morgan fingerprint density at radius 2 is 1.84 bits per heavy atom. The topological polar surface area (TPSA) is 140 Å². The van der Waals surface area contributed by atoms with E-state index in [1.807, 2.05) is 0 Å².